The molecule has 1 atom stereocenters. The first-order valence-electron chi connectivity index (χ1n) is 6.62. The number of nitrogens with one attached hydrogen (secondary N) is 1. The highest BCUT2D eigenvalue weighted by atomic mass is 32.1. The van der Waals surface area contributed by atoms with Crippen molar-refractivity contribution < 1.29 is 4.79 Å². The normalized spacial score (nSPS) is 12.2. The van der Waals surface area contributed by atoms with Gasteiger partial charge >= 0.3 is 0 Å². The van der Waals surface area contributed by atoms with Gasteiger partial charge in [0.25, 0.3) is 5.91 Å². The molecule has 0 aliphatic heterocycles. The van der Waals surface area contributed by atoms with Crippen molar-refractivity contribution in [2.45, 2.75) is 33.7 Å². The van der Waals surface area contributed by atoms with Crippen molar-refractivity contribution in [1.82, 2.24) is 5.32 Å². The highest BCUT2D eigenvalue weighted by molar-refractivity contribution is 7.12. The Morgan fingerprint density at radius 3 is 2.50 bits per heavy atom. The van der Waals surface area contributed by atoms with Crippen molar-refractivity contribution >= 4 is 22.9 Å². The standard InChI is InChI=1S/C16H20N2OS/c1-9-7-13(5-6-15(9)17)16(19)18-11(3)14-8-10(2)20-12(14)4/h5-8,11H,17H2,1-4H3,(H,18,19). The fraction of sp³-hybridized carbons (Fsp3) is 0.312. The van der Waals surface area contributed by atoms with Gasteiger partial charge in [0.2, 0.25) is 0 Å². The van der Waals surface area contributed by atoms with E-state index < -0.39 is 0 Å². The van der Waals surface area contributed by atoms with Crippen LogP contribution in [0.4, 0.5) is 5.69 Å². The summed E-state index contributed by atoms with van der Waals surface area (Å²) >= 11 is 1.76. The molecule has 0 radical (unpaired) electrons. The molecule has 1 aromatic carbocycles. The summed E-state index contributed by atoms with van der Waals surface area (Å²) in [6.07, 6.45) is 0. The van der Waals surface area contributed by atoms with E-state index in [4.69, 9.17) is 5.73 Å². The minimum absolute atomic E-state index is 0.00492. The number of aryl methyl sites for hydroxylation is 3. The molecule has 106 valence electrons. The number of nitrogen functional groups attached to an aromatic ring is 1. The number of nitrogens with two attached hydrogens (primary N) is 1. The lowest BCUT2D eigenvalue weighted by molar-refractivity contribution is 0.0940. The summed E-state index contributed by atoms with van der Waals surface area (Å²) in [5, 5.41) is 3.04. The SMILES string of the molecule is Cc1cc(C(C)NC(=O)c2ccc(N)c(C)c2)c(C)s1. The van der Waals surface area contributed by atoms with Gasteiger partial charge in [-0.25, -0.2) is 0 Å². The lowest BCUT2D eigenvalue weighted by atomic mass is 10.1. The van der Waals surface area contributed by atoms with Crippen molar-refractivity contribution in [3.05, 3.63) is 50.7 Å². The zero-order chi connectivity index (χ0) is 14.9. The number of hydrogen-bond acceptors (Lipinski definition) is 3. The average molecular weight is 288 g/mol. The molecule has 1 unspecified atom stereocenters. The van der Waals surface area contributed by atoms with Gasteiger partial charge in [-0.2, -0.15) is 0 Å². The van der Waals surface area contributed by atoms with E-state index in [9.17, 15) is 4.79 Å². The van der Waals surface area contributed by atoms with Gasteiger partial charge in [0, 0.05) is 21.0 Å². The summed E-state index contributed by atoms with van der Waals surface area (Å²) < 4.78 is 0. The molecule has 0 aliphatic rings. The molecule has 1 heterocycles. The van der Waals surface area contributed by atoms with Crippen molar-refractivity contribution in [3.63, 3.8) is 0 Å². The van der Waals surface area contributed by atoms with Crippen LogP contribution in [0.3, 0.4) is 0 Å². The van der Waals surface area contributed by atoms with Crippen LogP contribution in [0.5, 0.6) is 0 Å². The molecule has 0 spiro atoms. The van der Waals surface area contributed by atoms with Crippen molar-refractivity contribution in [2.24, 2.45) is 0 Å². The first-order chi connectivity index (χ1) is 9.38. The molecular formula is C16H20N2OS. The van der Waals surface area contributed by atoms with Gasteiger partial charge in [0.1, 0.15) is 0 Å². The molecule has 3 N–H and O–H groups in total. The Hall–Kier alpha value is -1.81. The molecule has 0 saturated carbocycles. The molecule has 2 rings (SSSR count). The van der Waals surface area contributed by atoms with Crippen molar-refractivity contribution in [2.75, 3.05) is 5.73 Å². The van der Waals surface area contributed by atoms with Crippen LogP contribution in [-0.2, 0) is 0 Å². The van der Waals surface area contributed by atoms with Gasteiger partial charge in [0.05, 0.1) is 6.04 Å². The predicted molar refractivity (Wildman–Crippen MR) is 85.3 cm³/mol. The summed E-state index contributed by atoms with van der Waals surface area (Å²) in [7, 11) is 0. The molecule has 1 amide bonds. The third-order valence-electron chi connectivity index (χ3n) is 3.43. The zero-order valence-electron chi connectivity index (χ0n) is 12.3. The van der Waals surface area contributed by atoms with E-state index in [0.717, 1.165) is 5.56 Å². The maximum Gasteiger partial charge on any atom is 0.251 e. The second-order valence-corrected chi connectivity index (χ2v) is 6.60. The van der Waals surface area contributed by atoms with E-state index in [1.165, 1.54) is 15.3 Å². The van der Waals surface area contributed by atoms with Crippen LogP contribution in [-0.4, -0.2) is 5.91 Å². The average Bonchev–Trinajstić information content (AvgIpc) is 2.71. The maximum atomic E-state index is 12.3. The van der Waals surface area contributed by atoms with E-state index in [0.29, 0.717) is 11.3 Å². The molecule has 3 nitrogen and oxygen atoms in total. The van der Waals surface area contributed by atoms with Crippen molar-refractivity contribution in [1.29, 1.82) is 0 Å². The summed E-state index contributed by atoms with van der Waals surface area (Å²) in [4.78, 5) is 14.8. The Bertz CT molecular complexity index is 646. The van der Waals surface area contributed by atoms with Crippen molar-refractivity contribution in [3.8, 4) is 0 Å². The van der Waals surface area contributed by atoms with E-state index in [1.54, 1.807) is 23.5 Å². The van der Waals surface area contributed by atoms with Crippen LogP contribution in [0.25, 0.3) is 0 Å². The smallest absolute Gasteiger partial charge is 0.251 e. The summed E-state index contributed by atoms with van der Waals surface area (Å²) in [5.41, 5.74) is 9.24. The summed E-state index contributed by atoms with van der Waals surface area (Å²) in [6, 6.07) is 7.50. The lowest BCUT2D eigenvalue weighted by Crippen LogP contribution is -2.26. The summed E-state index contributed by atoms with van der Waals surface area (Å²) in [5.74, 6) is -0.0659. The topological polar surface area (TPSA) is 55.1 Å². The molecule has 20 heavy (non-hydrogen) atoms. The quantitative estimate of drug-likeness (QED) is 0.845. The Balaban J connectivity index is 2.15. The molecular weight excluding hydrogens is 268 g/mol. The van der Waals surface area contributed by atoms with Gasteiger partial charge in [-0.3, -0.25) is 4.79 Å². The molecule has 4 heteroatoms. The van der Waals surface area contributed by atoms with Crippen LogP contribution in [0, 0.1) is 20.8 Å². The van der Waals surface area contributed by atoms with Gasteiger partial charge < -0.3 is 11.1 Å². The fourth-order valence-electron chi connectivity index (χ4n) is 2.26. The summed E-state index contributed by atoms with van der Waals surface area (Å²) in [6.45, 7) is 8.08. The molecule has 0 aliphatic carbocycles. The highest BCUT2D eigenvalue weighted by Gasteiger charge is 2.15. The van der Waals surface area contributed by atoms with Crippen LogP contribution in [0.2, 0.25) is 0 Å². The van der Waals surface area contributed by atoms with Crippen LogP contribution in [0.1, 0.15) is 44.2 Å². The Morgan fingerprint density at radius 1 is 1.25 bits per heavy atom. The maximum absolute atomic E-state index is 12.3. The predicted octanol–water partition coefficient (Wildman–Crippen LogP) is 3.75. The van der Waals surface area contributed by atoms with E-state index in [1.807, 2.05) is 19.9 Å². The minimum Gasteiger partial charge on any atom is -0.399 e. The van der Waals surface area contributed by atoms with E-state index in [2.05, 4.69) is 25.2 Å². The fourth-order valence-corrected chi connectivity index (χ4v) is 3.28. The minimum atomic E-state index is -0.0659. The number of rotatable bonds is 3. The van der Waals surface area contributed by atoms with Crippen LogP contribution >= 0.6 is 11.3 Å². The molecule has 2 aromatic rings. The van der Waals surface area contributed by atoms with Gasteiger partial charge in [0.15, 0.2) is 0 Å². The number of amides is 1. The Kier molecular flexibility index (Phi) is 4.14. The number of hydrogen-bond donors (Lipinski definition) is 2. The number of anilines is 1. The third kappa shape index (κ3) is 3.02. The lowest BCUT2D eigenvalue weighted by Gasteiger charge is -2.14. The Labute approximate surface area is 123 Å². The zero-order valence-corrected chi connectivity index (χ0v) is 13.1. The van der Waals surface area contributed by atoms with Gasteiger partial charge in [-0.05, 0) is 63.1 Å². The van der Waals surface area contributed by atoms with Gasteiger partial charge in [-0.1, -0.05) is 0 Å². The number of carbonyl (C=O) groups excluding carboxylic acids is 1. The first kappa shape index (κ1) is 14.6. The number of benzene rings is 1. The highest BCUT2D eigenvalue weighted by Crippen LogP contribution is 2.26. The number of thiophene rings is 1. The van der Waals surface area contributed by atoms with Crippen LogP contribution < -0.4 is 11.1 Å². The van der Waals surface area contributed by atoms with Gasteiger partial charge in [-0.15, -0.1) is 11.3 Å². The van der Waals surface area contributed by atoms with Crippen LogP contribution in [0.15, 0.2) is 24.3 Å². The molecule has 0 saturated heterocycles. The third-order valence-corrected chi connectivity index (χ3v) is 4.41. The molecule has 0 fully saturated rings. The van der Waals surface area contributed by atoms with E-state index >= 15 is 0 Å². The second-order valence-electron chi connectivity index (χ2n) is 5.14. The number of carbonyl (C=O) groups is 1. The first-order valence-corrected chi connectivity index (χ1v) is 7.44. The Morgan fingerprint density at radius 2 is 1.95 bits per heavy atom. The second kappa shape index (κ2) is 5.67. The monoisotopic (exact) mass is 288 g/mol. The largest absolute Gasteiger partial charge is 0.399 e. The molecule has 1 aromatic heterocycles. The van der Waals surface area contributed by atoms with E-state index in [-0.39, 0.29) is 11.9 Å². The molecule has 0 bridgehead atoms.